The predicted octanol–water partition coefficient (Wildman–Crippen LogP) is 8.63. The van der Waals surface area contributed by atoms with Crippen LogP contribution in [0.3, 0.4) is 0 Å². The third-order valence-corrected chi connectivity index (χ3v) is 14.6. The molecule has 2 N–H and O–H groups in total. The molecule has 0 bridgehead atoms. The average molecular weight is 870 g/mol. The van der Waals surface area contributed by atoms with E-state index in [2.05, 4.69) is 98.0 Å². The molecule has 62 heavy (non-hydrogen) atoms. The number of benzene rings is 2. The quantitative estimate of drug-likeness (QED) is 0.144. The maximum Gasteiger partial charge on any atom is 0.224 e. The second-order valence-electron chi connectivity index (χ2n) is 18.2. The van der Waals surface area contributed by atoms with E-state index in [4.69, 9.17) is 33.2 Å². The van der Waals surface area contributed by atoms with Gasteiger partial charge in [0.1, 0.15) is 23.3 Å². The van der Waals surface area contributed by atoms with Gasteiger partial charge < -0.3 is 19.8 Å². The molecule has 6 aliphatic rings. The fourth-order valence-corrected chi connectivity index (χ4v) is 11.8. The molecule has 4 aliphatic heterocycles. The molecule has 0 radical (unpaired) electrons. The molecule has 6 aromatic rings. The van der Waals surface area contributed by atoms with E-state index < -0.39 is 0 Å². The summed E-state index contributed by atoms with van der Waals surface area (Å²) in [7, 11) is 0. The molecule has 12 rings (SSSR count). The van der Waals surface area contributed by atoms with Crippen LogP contribution in [-0.4, -0.2) is 75.9 Å². The Morgan fingerprint density at radius 2 is 1.03 bits per heavy atom. The molecule has 2 unspecified atom stereocenters. The number of imidazole rings is 2. The summed E-state index contributed by atoms with van der Waals surface area (Å²) >= 11 is 12.8. The minimum absolute atomic E-state index is 0.371. The first kappa shape index (κ1) is 39.9. The molecule has 2 fully saturated rings. The van der Waals surface area contributed by atoms with Gasteiger partial charge in [0.25, 0.3) is 0 Å². The smallest absolute Gasteiger partial charge is 0.224 e. The molecule has 2 saturated heterocycles. The Bertz CT molecular complexity index is 2340. The van der Waals surface area contributed by atoms with Gasteiger partial charge in [-0.3, -0.25) is 9.80 Å². The number of piperidine rings is 2. The number of fused-ring (bicyclic) bond motifs is 4. The van der Waals surface area contributed by atoms with Crippen LogP contribution in [0.4, 0.5) is 11.6 Å². The van der Waals surface area contributed by atoms with E-state index >= 15 is 0 Å². The molecular formula is C48H54Cl2N12. The standard InChI is InChI=1S/2C24H27ClN6/c2*25-24-28-20-15-31(21-8-7-17-5-1-2-6-18(17)21)14-19(20)23(29-24)30-11-3-4-16(13-30)12-22-26-9-10-27-22/h2*1-2,5-6,9-10,16,21H,3-4,7-8,11-15H2,(H,26,27)/t2*16-,21?/m00/s1. The van der Waals surface area contributed by atoms with E-state index in [9.17, 15) is 0 Å². The number of H-pyrrole nitrogens is 2. The molecule has 0 saturated carbocycles. The maximum atomic E-state index is 6.41. The summed E-state index contributed by atoms with van der Waals surface area (Å²) < 4.78 is 0. The minimum Gasteiger partial charge on any atom is -0.356 e. The summed E-state index contributed by atoms with van der Waals surface area (Å²) in [6.07, 6.45) is 18.9. The number of nitrogens with zero attached hydrogens (tertiary/aromatic N) is 10. The van der Waals surface area contributed by atoms with Crippen LogP contribution in [0.5, 0.6) is 0 Å². The lowest BCUT2D eigenvalue weighted by Gasteiger charge is -2.34. The highest BCUT2D eigenvalue weighted by Crippen LogP contribution is 2.44. The predicted molar refractivity (Wildman–Crippen MR) is 242 cm³/mol. The van der Waals surface area contributed by atoms with Crippen molar-refractivity contribution in [3.05, 3.63) is 140 Å². The van der Waals surface area contributed by atoms with Crippen LogP contribution in [-0.2, 0) is 51.9 Å². The van der Waals surface area contributed by atoms with E-state index in [-0.39, 0.29) is 0 Å². The fourth-order valence-electron chi connectivity index (χ4n) is 11.5. The van der Waals surface area contributed by atoms with Crippen LogP contribution in [0, 0.1) is 11.8 Å². The van der Waals surface area contributed by atoms with Gasteiger partial charge in [-0.15, -0.1) is 0 Å². The molecule has 8 heterocycles. The number of halogens is 2. The molecule has 2 aliphatic carbocycles. The largest absolute Gasteiger partial charge is 0.356 e. The van der Waals surface area contributed by atoms with E-state index in [0.717, 1.165) is 113 Å². The van der Waals surface area contributed by atoms with Gasteiger partial charge in [-0.1, -0.05) is 48.5 Å². The van der Waals surface area contributed by atoms with Gasteiger partial charge in [0.05, 0.1) is 11.4 Å². The van der Waals surface area contributed by atoms with E-state index in [1.807, 2.05) is 24.8 Å². The van der Waals surface area contributed by atoms with Crippen molar-refractivity contribution in [3.63, 3.8) is 0 Å². The summed E-state index contributed by atoms with van der Waals surface area (Å²) in [4.78, 5) is 44.1. The summed E-state index contributed by atoms with van der Waals surface area (Å²) in [5.74, 6) is 5.39. The summed E-state index contributed by atoms with van der Waals surface area (Å²) in [5.41, 5.74) is 10.7. The first-order chi connectivity index (χ1) is 30.5. The molecule has 12 nitrogen and oxygen atoms in total. The van der Waals surface area contributed by atoms with Crippen LogP contribution in [0.15, 0.2) is 73.3 Å². The number of aromatic amines is 2. The highest BCUT2D eigenvalue weighted by atomic mass is 35.5. The van der Waals surface area contributed by atoms with Gasteiger partial charge in [0, 0.05) is 113 Å². The Hall–Kier alpha value is -4.88. The molecule has 320 valence electrons. The SMILES string of the molecule is Clc1nc2c(c(N3CCC[C@@H](Cc4ncc[nH]4)C3)n1)CN(C1CCc3ccccc31)C2.Clc1nc2c(c(N3CCC[C@@H](Cc4ncc[nH]4)C3)n1)CN(C1CCc3ccccc31)C2. The topological polar surface area (TPSA) is 122 Å². The van der Waals surface area contributed by atoms with Crippen LogP contribution in [0.1, 0.15) is 107 Å². The van der Waals surface area contributed by atoms with Crippen molar-refractivity contribution in [1.82, 2.24) is 49.7 Å². The van der Waals surface area contributed by atoms with Crippen LogP contribution >= 0.6 is 23.2 Å². The molecule has 4 atom stereocenters. The van der Waals surface area contributed by atoms with Gasteiger partial charge in [-0.05, 0) is 109 Å². The highest BCUT2D eigenvalue weighted by Gasteiger charge is 2.38. The van der Waals surface area contributed by atoms with Crippen LogP contribution < -0.4 is 9.80 Å². The number of nitrogens with one attached hydrogen (secondary N) is 2. The van der Waals surface area contributed by atoms with Crippen LogP contribution in [0.25, 0.3) is 0 Å². The van der Waals surface area contributed by atoms with Crippen LogP contribution in [0.2, 0.25) is 10.6 Å². The Morgan fingerprint density at radius 1 is 0.565 bits per heavy atom. The third-order valence-electron chi connectivity index (χ3n) is 14.3. The van der Waals surface area contributed by atoms with Crippen molar-refractivity contribution >= 4 is 34.8 Å². The minimum atomic E-state index is 0.371. The van der Waals surface area contributed by atoms with Crippen molar-refractivity contribution in [3.8, 4) is 0 Å². The Morgan fingerprint density at radius 3 is 1.48 bits per heavy atom. The first-order valence-electron chi connectivity index (χ1n) is 22.7. The summed E-state index contributed by atoms with van der Waals surface area (Å²) in [6.45, 7) is 7.56. The molecule has 14 heteroatoms. The van der Waals surface area contributed by atoms with Gasteiger partial charge in [-0.25, -0.2) is 29.9 Å². The van der Waals surface area contributed by atoms with E-state index in [1.165, 1.54) is 71.9 Å². The molecular weight excluding hydrogens is 816 g/mol. The Kier molecular flexibility index (Phi) is 11.2. The number of hydrogen-bond acceptors (Lipinski definition) is 10. The van der Waals surface area contributed by atoms with E-state index in [0.29, 0.717) is 34.5 Å². The van der Waals surface area contributed by atoms with Gasteiger partial charge in [0.15, 0.2) is 0 Å². The summed E-state index contributed by atoms with van der Waals surface area (Å²) in [6, 6.07) is 18.7. The van der Waals surface area contributed by atoms with Crippen molar-refractivity contribution in [2.75, 3.05) is 36.0 Å². The molecule has 2 aromatic carbocycles. The number of anilines is 2. The number of aromatic nitrogens is 8. The number of hydrogen-bond donors (Lipinski definition) is 2. The van der Waals surface area contributed by atoms with Gasteiger partial charge in [0.2, 0.25) is 10.6 Å². The monoisotopic (exact) mass is 868 g/mol. The zero-order valence-corrected chi connectivity index (χ0v) is 36.7. The zero-order chi connectivity index (χ0) is 41.6. The molecule has 4 aromatic heterocycles. The first-order valence-corrected chi connectivity index (χ1v) is 23.5. The lowest BCUT2D eigenvalue weighted by atomic mass is 9.94. The van der Waals surface area contributed by atoms with Crippen molar-refractivity contribution < 1.29 is 0 Å². The summed E-state index contributed by atoms with van der Waals surface area (Å²) in [5, 5.41) is 0.742. The van der Waals surface area contributed by atoms with Gasteiger partial charge >= 0.3 is 0 Å². The fraction of sp³-hybridized carbons (Fsp3) is 0.458. The maximum absolute atomic E-state index is 6.41. The second-order valence-corrected chi connectivity index (χ2v) is 18.9. The Labute approximate surface area is 373 Å². The third kappa shape index (κ3) is 8.11. The number of aryl methyl sites for hydroxylation is 2. The second kappa shape index (κ2) is 17.4. The van der Waals surface area contributed by atoms with Crippen molar-refractivity contribution in [1.29, 1.82) is 0 Å². The lowest BCUT2D eigenvalue weighted by Crippen LogP contribution is -2.37. The zero-order valence-electron chi connectivity index (χ0n) is 35.2. The normalized spacial score (nSPS) is 23.2. The Balaban J connectivity index is 0.000000139. The molecule has 0 amide bonds. The van der Waals surface area contributed by atoms with Crippen molar-refractivity contribution in [2.24, 2.45) is 11.8 Å². The molecule has 0 spiro atoms. The highest BCUT2D eigenvalue weighted by molar-refractivity contribution is 6.28. The average Bonchev–Trinajstić information content (AvgIpc) is 4.15. The van der Waals surface area contributed by atoms with Gasteiger partial charge in [-0.2, -0.15) is 0 Å². The van der Waals surface area contributed by atoms with E-state index in [1.54, 1.807) is 0 Å². The number of rotatable bonds is 8. The lowest BCUT2D eigenvalue weighted by molar-refractivity contribution is 0.199. The van der Waals surface area contributed by atoms with Crippen molar-refractivity contribution in [2.45, 2.75) is 102 Å².